The third kappa shape index (κ3) is 3.28. The molecule has 0 aliphatic rings. The maximum absolute atomic E-state index is 12.3. The van der Waals surface area contributed by atoms with E-state index in [-0.39, 0.29) is 18.1 Å². The van der Waals surface area contributed by atoms with Gasteiger partial charge in [0.1, 0.15) is 12.1 Å². The summed E-state index contributed by atoms with van der Waals surface area (Å²) < 4.78 is 34.8. The van der Waals surface area contributed by atoms with Crippen LogP contribution in [0.1, 0.15) is 16.2 Å². The van der Waals surface area contributed by atoms with Gasteiger partial charge in [-0.25, -0.2) is 14.5 Å². The molecular formula is C12H11F2N3O3. The number of rotatable bonds is 5. The number of hydrogen-bond acceptors (Lipinski definition) is 5. The summed E-state index contributed by atoms with van der Waals surface area (Å²) in [6, 6.07) is 6.32. The van der Waals surface area contributed by atoms with E-state index in [0.29, 0.717) is 5.56 Å². The van der Waals surface area contributed by atoms with E-state index in [2.05, 4.69) is 19.6 Å². The van der Waals surface area contributed by atoms with Crippen molar-refractivity contribution in [1.29, 1.82) is 0 Å². The number of alkyl halides is 2. The van der Waals surface area contributed by atoms with E-state index in [1.807, 2.05) is 0 Å². The monoisotopic (exact) mass is 283 g/mol. The van der Waals surface area contributed by atoms with Crippen molar-refractivity contribution >= 4 is 5.97 Å². The Balaban J connectivity index is 2.17. The summed E-state index contributed by atoms with van der Waals surface area (Å²) in [6.45, 7) is -2.76. The molecule has 0 fully saturated rings. The normalized spacial score (nSPS) is 10.6. The topological polar surface area (TPSA) is 66.2 Å². The number of nitrogens with zero attached hydrogens (tertiary/aromatic N) is 3. The van der Waals surface area contributed by atoms with Gasteiger partial charge in [-0.15, -0.1) is 5.10 Å². The van der Waals surface area contributed by atoms with Crippen molar-refractivity contribution in [1.82, 2.24) is 14.8 Å². The second-order valence-corrected chi connectivity index (χ2v) is 3.74. The first kappa shape index (κ1) is 13.9. The molecule has 0 saturated heterocycles. The van der Waals surface area contributed by atoms with Gasteiger partial charge in [-0.3, -0.25) is 0 Å². The fourth-order valence-corrected chi connectivity index (χ4v) is 1.58. The van der Waals surface area contributed by atoms with Gasteiger partial charge in [-0.05, 0) is 6.07 Å². The fraction of sp³-hybridized carbons (Fsp3) is 0.250. The average Bonchev–Trinajstić information content (AvgIpc) is 2.88. The molecule has 0 atom stereocenters. The number of carbonyl (C=O) groups excluding carboxylic acids is 1. The fourth-order valence-electron chi connectivity index (χ4n) is 1.58. The van der Waals surface area contributed by atoms with Crippen molar-refractivity contribution in [3.05, 3.63) is 42.0 Å². The molecule has 20 heavy (non-hydrogen) atoms. The van der Waals surface area contributed by atoms with Crippen LogP contribution >= 0.6 is 0 Å². The number of aromatic nitrogens is 3. The Bertz CT molecular complexity index is 601. The van der Waals surface area contributed by atoms with Crippen molar-refractivity contribution < 1.29 is 23.0 Å². The molecule has 8 heteroatoms. The van der Waals surface area contributed by atoms with Crippen LogP contribution < -0.4 is 4.74 Å². The first-order valence-corrected chi connectivity index (χ1v) is 5.60. The maximum Gasteiger partial charge on any atom is 0.387 e. The van der Waals surface area contributed by atoms with Gasteiger partial charge in [-0.2, -0.15) is 8.78 Å². The minimum Gasteiger partial charge on any atom is -0.463 e. The molecule has 0 radical (unpaired) electrons. The first-order valence-electron chi connectivity index (χ1n) is 5.60. The molecule has 1 aromatic carbocycles. The van der Waals surface area contributed by atoms with Gasteiger partial charge in [0.05, 0.1) is 13.7 Å². The lowest BCUT2D eigenvalue weighted by Crippen LogP contribution is -2.09. The standard InChI is InChI=1S/C12H11F2N3O3/c1-19-11(18)10-15-7-17(16-10)6-8-4-2-3-5-9(8)20-12(13)14/h2-5,7,12H,6H2,1H3. The van der Waals surface area contributed by atoms with Crippen LogP contribution in [0.2, 0.25) is 0 Å². The van der Waals surface area contributed by atoms with Gasteiger partial charge in [0.25, 0.3) is 5.82 Å². The van der Waals surface area contributed by atoms with Crippen molar-refractivity contribution in [2.24, 2.45) is 0 Å². The number of para-hydroxylation sites is 1. The molecule has 1 aromatic heterocycles. The molecule has 0 N–H and O–H groups in total. The summed E-state index contributed by atoms with van der Waals surface area (Å²) in [4.78, 5) is 15.0. The van der Waals surface area contributed by atoms with E-state index in [4.69, 9.17) is 0 Å². The van der Waals surface area contributed by atoms with Crippen LogP contribution in [-0.4, -0.2) is 34.5 Å². The predicted octanol–water partition coefficient (Wildman–Crippen LogP) is 1.71. The molecule has 0 saturated carbocycles. The Morgan fingerprint density at radius 2 is 2.15 bits per heavy atom. The average molecular weight is 283 g/mol. The highest BCUT2D eigenvalue weighted by atomic mass is 19.3. The predicted molar refractivity (Wildman–Crippen MR) is 63.5 cm³/mol. The Morgan fingerprint density at radius 3 is 2.85 bits per heavy atom. The van der Waals surface area contributed by atoms with E-state index < -0.39 is 12.6 Å². The molecule has 1 heterocycles. The van der Waals surface area contributed by atoms with E-state index in [0.717, 1.165) is 0 Å². The Kier molecular flexibility index (Phi) is 4.24. The molecule has 0 unspecified atom stereocenters. The maximum atomic E-state index is 12.3. The van der Waals surface area contributed by atoms with Crippen LogP contribution in [0.15, 0.2) is 30.6 Å². The Morgan fingerprint density at radius 1 is 1.40 bits per heavy atom. The SMILES string of the molecule is COC(=O)c1ncn(Cc2ccccc2OC(F)F)n1. The molecular weight excluding hydrogens is 272 g/mol. The zero-order valence-electron chi connectivity index (χ0n) is 10.5. The van der Waals surface area contributed by atoms with E-state index in [1.165, 1.54) is 24.2 Å². The number of halogens is 2. The summed E-state index contributed by atoms with van der Waals surface area (Å²) in [5.41, 5.74) is 0.495. The summed E-state index contributed by atoms with van der Waals surface area (Å²) in [6.07, 6.45) is 1.31. The van der Waals surface area contributed by atoms with E-state index in [1.54, 1.807) is 18.2 Å². The first-order chi connectivity index (χ1) is 9.60. The van der Waals surface area contributed by atoms with Crippen LogP contribution in [0.5, 0.6) is 5.75 Å². The summed E-state index contributed by atoms with van der Waals surface area (Å²) in [5.74, 6) is -0.710. The van der Waals surface area contributed by atoms with E-state index >= 15 is 0 Å². The van der Waals surface area contributed by atoms with Crippen LogP contribution in [-0.2, 0) is 11.3 Å². The highest BCUT2D eigenvalue weighted by Crippen LogP contribution is 2.20. The second kappa shape index (κ2) is 6.09. The molecule has 2 rings (SSSR count). The van der Waals surface area contributed by atoms with Crippen LogP contribution in [0.3, 0.4) is 0 Å². The van der Waals surface area contributed by atoms with Gasteiger partial charge >= 0.3 is 12.6 Å². The van der Waals surface area contributed by atoms with Crippen molar-refractivity contribution in [3.63, 3.8) is 0 Å². The lowest BCUT2D eigenvalue weighted by atomic mass is 10.2. The lowest BCUT2D eigenvalue weighted by molar-refractivity contribution is -0.0505. The highest BCUT2D eigenvalue weighted by Gasteiger charge is 2.13. The van der Waals surface area contributed by atoms with Crippen molar-refractivity contribution in [2.45, 2.75) is 13.2 Å². The summed E-state index contributed by atoms with van der Waals surface area (Å²) in [5, 5.41) is 3.88. The second-order valence-electron chi connectivity index (χ2n) is 3.74. The summed E-state index contributed by atoms with van der Waals surface area (Å²) >= 11 is 0. The lowest BCUT2D eigenvalue weighted by Gasteiger charge is -2.09. The molecule has 0 aliphatic carbocycles. The quantitative estimate of drug-likeness (QED) is 0.782. The van der Waals surface area contributed by atoms with Gasteiger partial charge in [-0.1, -0.05) is 18.2 Å². The number of hydrogen-bond donors (Lipinski definition) is 0. The Hall–Kier alpha value is -2.51. The van der Waals surface area contributed by atoms with Gasteiger partial charge in [0.2, 0.25) is 0 Å². The van der Waals surface area contributed by atoms with Gasteiger partial charge < -0.3 is 9.47 Å². The van der Waals surface area contributed by atoms with Crippen LogP contribution in [0.4, 0.5) is 8.78 Å². The van der Waals surface area contributed by atoms with Crippen LogP contribution in [0, 0.1) is 0 Å². The van der Waals surface area contributed by atoms with E-state index in [9.17, 15) is 13.6 Å². The molecule has 0 bridgehead atoms. The third-order valence-corrected chi connectivity index (χ3v) is 2.43. The smallest absolute Gasteiger partial charge is 0.387 e. The molecule has 0 aliphatic heterocycles. The number of methoxy groups -OCH3 is 1. The molecule has 6 nitrogen and oxygen atoms in total. The molecule has 0 spiro atoms. The molecule has 106 valence electrons. The van der Waals surface area contributed by atoms with Gasteiger partial charge in [0, 0.05) is 5.56 Å². The van der Waals surface area contributed by atoms with Crippen molar-refractivity contribution in [2.75, 3.05) is 7.11 Å². The zero-order valence-corrected chi connectivity index (χ0v) is 10.5. The number of carbonyl (C=O) groups is 1. The molecule has 0 amide bonds. The highest BCUT2D eigenvalue weighted by molar-refractivity contribution is 5.84. The molecule has 2 aromatic rings. The Labute approximate surface area is 112 Å². The third-order valence-electron chi connectivity index (χ3n) is 2.43. The number of ether oxygens (including phenoxy) is 2. The minimum absolute atomic E-state index is 0.0534. The summed E-state index contributed by atoms with van der Waals surface area (Å²) in [7, 11) is 1.22. The van der Waals surface area contributed by atoms with Gasteiger partial charge in [0.15, 0.2) is 0 Å². The van der Waals surface area contributed by atoms with Crippen molar-refractivity contribution in [3.8, 4) is 5.75 Å². The number of benzene rings is 1. The largest absolute Gasteiger partial charge is 0.463 e. The number of esters is 1. The minimum atomic E-state index is -2.91. The van der Waals surface area contributed by atoms with Crippen LogP contribution in [0.25, 0.3) is 0 Å². The zero-order chi connectivity index (χ0) is 14.5.